The van der Waals surface area contributed by atoms with Crippen molar-refractivity contribution in [3.63, 3.8) is 0 Å². The van der Waals surface area contributed by atoms with Crippen LogP contribution in [0, 0.1) is 20.8 Å². The number of anilines is 18. The number of fused-ring (bicyclic) bond motifs is 12. The van der Waals surface area contributed by atoms with Crippen molar-refractivity contribution < 1.29 is 14.2 Å². The van der Waals surface area contributed by atoms with Crippen LogP contribution in [0.4, 0.5) is 102 Å². The second kappa shape index (κ2) is 25.5. The Kier molecular flexibility index (Phi) is 14.8. The van der Waals surface area contributed by atoms with Crippen molar-refractivity contribution in [3.8, 4) is 34.5 Å². The maximum absolute atomic E-state index is 8.05. The van der Waals surface area contributed by atoms with Gasteiger partial charge in [0.15, 0.2) is 0 Å². The molecule has 16 aromatic rings. The summed E-state index contributed by atoms with van der Waals surface area (Å²) in [5.41, 5.74) is 32.0. The van der Waals surface area contributed by atoms with E-state index in [2.05, 4.69) is 414 Å². The van der Waals surface area contributed by atoms with E-state index < -0.39 is 0 Å². The van der Waals surface area contributed by atoms with Gasteiger partial charge in [0.1, 0.15) is 34.5 Å². The van der Waals surface area contributed by atoms with Crippen LogP contribution in [0.1, 0.15) is 16.7 Å². The van der Waals surface area contributed by atoms with E-state index in [0.29, 0.717) is 0 Å². The summed E-state index contributed by atoms with van der Waals surface area (Å²) in [5.74, 6) is 4.83. The van der Waals surface area contributed by atoms with Gasteiger partial charge in [-0.05, 0) is 214 Å². The highest BCUT2D eigenvalue weighted by molar-refractivity contribution is 7.03. The molecule has 6 aliphatic rings. The molecule has 0 fully saturated rings. The third kappa shape index (κ3) is 10.1. The van der Waals surface area contributed by atoms with Gasteiger partial charge in [-0.25, -0.2) is 0 Å². The fourth-order valence-electron chi connectivity index (χ4n) is 18.5. The molecule has 0 saturated carbocycles. The number of hydrogen-bond acceptors (Lipinski definition) is 9. The summed E-state index contributed by atoms with van der Waals surface area (Å²) in [6.45, 7) is 5.81. The van der Waals surface area contributed by atoms with Gasteiger partial charge in [-0.1, -0.05) is 212 Å². The number of rotatable bonds is 12. The van der Waals surface area contributed by atoms with Gasteiger partial charge in [0.05, 0.1) is 17.1 Å². The fourth-order valence-corrected chi connectivity index (χ4v) is 18.5. The number of benzene rings is 16. The third-order valence-electron chi connectivity index (χ3n) is 23.3. The lowest BCUT2D eigenvalue weighted by Gasteiger charge is -2.46. The molecule has 0 aliphatic carbocycles. The monoisotopic (exact) mass is 1420 g/mol. The molecule has 0 spiro atoms. The van der Waals surface area contributed by atoms with E-state index in [1.165, 1.54) is 5.46 Å². The molecule has 6 aliphatic heterocycles. The van der Waals surface area contributed by atoms with E-state index in [1.54, 1.807) is 0 Å². The van der Waals surface area contributed by atoms with Crippen molar-refractivity contribution in [1.29, 1.82) is 0 Å². The van der Waals surface area contributed by atoms with Crippen LogP contribution in [0.2, 0.25) is 0 Å². The van der Waals surface area contributed by atoms with Crippen molar-refractivity contribution in [2.24, 2.45) is 0 Å². The molecule has 0 bridgehead atoms. The van der Waals surface area contributed by atoms with Gasteiger partial charge in [0, 0.05) is 110 Å². The third-order valence-corrected chi connectivity index (χ3v) is 23.3. The van der Waals surface area contributed by atoms with E-state index in [1.807, 2.05) is 0 Å². The molecule has 0 atom stereocenters. The summed E-state index contributed by atoms with van der Waals surface area (Å²) in [6, 6.07) is 132. The van der Waals surface area contributed by atoms with Gasteiger partial charge in [0.2, 0.25) is 0 Å². The van der Waals surface area contributed by atoms with Gasteiger partial charge in [-0.3, -0.25) is 0 Å². The second-order valence-corrected chi connectivity index (χ2v) is 29.6. The van der Waals surface area contributed by atoms with Crippen LogP contribution in [0.5, 0.6) is 34.5 Å². The highest BCUT2D eigenvalue weighted by Gasteiger charge is 2.51. The van der Waals surface area contributed by atoms with Crippen molar-refractivity contribution in [1.82, 2.24) is 0 Å². The molecular formula is C99H69B3N6O3. The van der Waals surface area contributed by atoms with E-state index in [4.69, 9.17) is 14.2 Å². The quantitative estimate of drug-likeness (QED) is 0.111. The molecule has 12 heteroatoms. The number of hydrogen-bond donors (Lipinski definition) is 0. The average Bonchev–Trinajstić information content (AvgIpc) is 0.703. The first-order valence-electron chi connectivity index (χ1n) is 38.2. The lowest BCUT2D eigenvalue weighted by molar-refractivity contribution is 0.487. The lowest BCUT2D eigenvalue weighted by atomic mass is 9.29. The zero-order valence-electron chi connectivity index (χ0n) is 61.3. The first-order chi connectivity index (χ1) is 54.8. The van der Waals surface area contributed by atoms with Crippen molar-refractivity contribution in [3.05, 3.63) is 381 Å². The summed E-state index contributed by atoms with van der Waals surface area (Å²) in [7, 11) is 0. The largest absolute Gasteiger partial charge is 0.458 e. The van der Waals surface area contributed by atoms with Crippen molar-refractivity contribution in [2.45, 2.75) is 20.8 Å². The molecule has 6 heterocycles. The zero-order chi connectivity index (χ0) is 73.5. The summed E-state index contributed by atoms with van der Waals surface area (Å²) in [6.07, 6.45) is 0. The average molecular weight is 1420 g/mol. The molecule has 9 nitrogen and oxygen atoms in total. The number of nitrogens with zero attached hydrogens (tertiary/aromatic N) is 6. The summed E-state index contributed by atoms with van der Waals surface area (Å²) in [4.78, 5) is 14.7. The lowest BCUT2D eigenvalue weighted by Crippen LogP contribution is -2.65. The smallest absolute Gasteiger partial charge is 0.256 e. The Bertz CT molecular complexity index is 6320. The minimum absolute atomic E-state index is 0.263. The zero-order valence-corrected chi connectivity index (χ0v) is 61.3. The normalized spacial score (nSPS) is 13.1. The summed E-state index contributed by atoms with van der Waals surface area (Å²) < 4.78 is 22.9. The molecule has 22 rings (SSSR count). The number of ether oxygens (including phenoxy) is 3. The van der Waals surface area contributed by atoms with E-state index >= 15 is 0 Å². The Labute approximate surface area is 647 Å². The molecular weight excluding hydrogens is 1350 g/mol. The van der Waals surface area contributed by atoms with Crippen LogP contribution >= 0.6 is 0 Å². The predicted octanol–water partition coefficient (Wildman–Crippen LogP) is 20.2. The first kappa shape index (κ1) is 64.1. The molecule has 0 aromatic heterocycles. The van der Waals surface area contributed by atoms with E-state index in [-0.39, 0.29) is 20.1 Å². The Morgan fingerprint density at radius 2 is 0.450 bits per heavy atom. The van der Waals surface area contributed by atoms with Crippen LogP contribution in [0.15, 0.2) is 364 Å². The van der Waals surface area contributed by atoms with Crippen LogP contribution in [-0.2, 0) is 0 Å². The molecule has 0 saturated heterocycles. The fraction of sp³-hybridized carbons (Fsp3) is 0.0303. The van der Waals surface area contributed by atoms with Crippen molar-refractivity contribution in [2.75, 3.05) is 29.4 Å². The topological polar surface area (TPSA) is 47.1 Å². The number of para-hydroxylation sites is 11. The van der Waals surface area contributed by atoms with Crippen LogP contribution < -0.4 is 92.8 Å². The minimum Gasteiger partial charge on any atom is -0.458 e. The molecule has 0 N–H and O–H groups in total. The van der Waals surface area contributed by atoms with Gasteiger partial charge >= 0.3 is 0 Å². The maximum Gasteiger partial charge on any atom is 0.256 e. The van der Waals surface area contributed by atoms with E-state index in [9.17, 15) is 0 Å². The van der Waals surface area contributed by atoms with Gasteiger partial charge in [-0.15, -0.1) is 0 Å². The number of aryl methyl sites for hydroxylation is 3. The highest BCUT2D eigenvalue weighted by atomic mass is 16.5. The molecule has 0 unspecified atom stereocenters. The Morgan fingerprint density at radius 1 is 0.189 bits per heavy atom. The predicted molar refractivity (Wildman–Crippen MR) is 462 cm³/mol. The Balaban J connectivity index is 0.847. The molecule has 0 amide bonds. The highest BCUT2D eigenvalue weighted by Crippen LogP contribution is 2.53. The summed E-state index contributed by atoms with van der Waals surface area (Å²) in [5, 5.41) is 0. The van der Waals surface area contributed by atoms with Crippen LogP contribution in [0.25, 0.3) is 0 Å². The van der Waals surface area contributed by atoms with Crippen LogP contribution in [-0.4, -0.2) is 20.1 Å². The van der Waals surface area contributed by atoms with Gasteiger partial charge in [-0.2, -0.15) is 0 Å². The minimum atomic E-state index is -0.383. The van der Waals surface area contributed by atoms with Crippen molar-refractivity contribution >= 4 is 172 Å². The second-order valence-electron chi connectivity index (χ2n) is 29.6. The first-order valence-corrected chi connectivity index (χ1v) is 38.2. The van der Waals surface area contributed by atoms with Crippen LogP contribution in [0.3, 0.4) is 0 Å². The molecule has 522 valence electrons. The van der Waals surface area contributed by atoms with Gasteiger partial charge in [0.25, 0.3) is 20.1 Å². The molecule has 111 heavy (non-hydrogen) atoms. The molecule has 16 aromatic carbocycles. The van der Waals surface area contributed by atoms with E-state index in [0.717, 1.165) is 197 Å². The molecule has 0 radical (unpaired) electrons. The standard InChI is InChI=1S/C99H69B3N6O3/c1-64-32-22-27-49-82(64)106-85-62-86-79(60-78(85)100-76-47-25-30-52-91(76)109-94-57-73(54-88(106)97(94)100)103(67-35-10-4-11-36-67)68-37-12-5-13-38-68)102-81-61-80-87(63-93(81)111-96-59-75(56-90(99(96)102)107(86)83-50-28-23-33-65(83)2)105(71-43-18-8-19-44-71)72-45-20-9-21-46-72)108(84-51-29-24-34-66(84)3)89-55-74(58-95-98(89)101(80)77-48-26-31-53-92(77)110-95)104(69-39-14-6-15-40-69)70-41-16-7-17-42-70/h4-63H,1-3H3. The Hall–Kier alpha value is -14.1. The Morgan fingerprint density at radius 3 is 0.775 bits per heavy atom. The maximum atomic E-state index is 8.05. The van der Waals surface area contributed by atoms with Gasteiger partial charge < -0.3 is 43.6 Å². The summed E-state index contributed by atoms with van der Waals surface area (Å²) >= 11 is 0. The SMILES string of the molecule is Cc1ccccc1N1c2cc3c(cc2B2c4ccccc4Oc4cc(N(c5ccccc5)c5ccccc5)cc1c42)B1c2cc4c(cc2N(c2ccccc2C)c2cc(N(c5ccccc5)c5ccccc5)cc(c21)O3)N(c1ccccc1C)c1cc(N(c2ccccc2)c2ccccc2)cc2c1B4c1ccccc1O2.